The molecule has 1 aromatic rings. The SMILES string of the molecule is NN=Cc1cccc(C(F)F)c1. The summed E-state index contributed by atoms with van der Waals surface area (Å²) in [6, 6.07) is 5.90. The van der Waals surface area contributed by atoms with Crippen molar-refractivity contribution >= 4 is 6.21 Å². The minimum absolute atomic E-state index is 0.0209. The number of rotatable bonds is 2. The van der Waals surface area contributed by atoms with Gasteiger partial charge in [-0.05, 0) is 11.6 Å². The number of nitrogens with two attached hydrogens (primary N) is 1. The Hall–Kier alpha value is -1.45. The lowest BCUT2D eigenvalue weighted by molar-refractivity contribution is 0.151. The van der Waals surface area contributed by atoms with E-state index in [-0.39, 0.29) is 5.56 Å². The predicted octanol–water partition coefficient (Wildman–Crippen LogP) is 1.92. The van der Waals surface area contributed by atoms with Gasteiger partial charge >= 0.3 is 0 Å². The Balaban J connectivity index is 2.95. The Morgan fingerprint density at radius 2 is 2.17 bits per heavy atom. The predicted molar refractivity (Wildman–Crippen MR) is 43.2 cm³/mol. The number of alkyl halides is 2. The van der Waals surface area contributed by atoms with E-state index in [1.807, 2.05) is 0 Å². The number of benzene rings is 1. The molecule has 0 unspecified atom stereocenters. The van der Waals surface area contributed by atoms with E-state index in [0.717, 1.165) is 0 Å². The summed E-state index contributed by atoms with van der Waals surface area (Å²) in [7, 11) is 0. The molecular formula is C8H8F2N2. The lowest BCUT2D eigenvalue weighted by atomic mass is 10.1. The third-order valence-electron chi connectivity index (χ3n) is 1.39. The fraction of sp³-hybridized carbons (Fsp3) is 0.125. The average Bonchev–Trinajstić information content (AvgIpc) is 2.05. The second-order valence-electron chi connectivity index (χ2n) is 2.25. The topological polar surface area (TPSA) is 38.4 Å². The minimum Gasteiger partial charge on any atom is -0.323 e. The molecule has 0 saturated heterocycles. The van der Waals surface area contributed by atoms with Crippen LogP contribution in [0.15, 0.2) is 29.4 Å². The molecule has 12 heavy (non-hydrogen) atoms. The number of halogens is 2. The van der Waals surface area contributed by atoms with Crippen LogP contribution in [-0.2, 0) is 0 Å². The summed E-state index contributed by atoms with van der Waals surface area (Å²) < 4.78 is 24.2. The maximum atomic E-state index is 12.1. The van der Waals surface area contributed by atoms with Crippen LogP contribution in [0.4, 0.5) is 8.78 Å². The number of hydrazone groups is 1. The molecule has 4 heteroatoms. The van der Waals surface area contributed by atoms with Gasteiger partial charge in [0.15, 0.2) is 0 Å². The summed E-state index contributed by atoms with van der Waals surface area (Å²) in [6.07, 6.45) is -1.12. The first-order valence-corrected chi connectivity index (χ1v) is 3.35. The van der Waals surface area contributed by atoms with E-state index < -0.39 is 6.43 Å². The highest BCUT2D eigenvalue weighted by Crippen LogP contribution is 2.18. The molecule has 0 fully saturated rings. The van der Waals surface area contributed by atoms with E-state index in [1.54, 1.807) is 12.1 Å². The maximum absolute atomic E-state index is 12.1. The van der Waals surface area contributed by atoms with Gasteiger partial charge < -0.3 is 5.84 Å². The van der Waals surface area contributed by atoms with E-state index in [9.17, 15) is 8.78 Å². The average molecular weight is 170 g/mol. The first kappa shape index (κ1) is 8.64. The van der Waals surface area contributed by atoms with Gasteiger partial charge in [-0.1, -0.05) is 18.2 Å². The summed E-state index contributed by atoms with van der Waals surface area (Å²) in [4.78, 5) is 0. The van der Waals surface area contributed by atoms with E-state index >= 15 is 0 Å². The van der Waals surface area contributed by atoms with Crippen molar-refractivity contribution in [1.82, 2.24) is 0 Å². The third-order valence-corrected chi connectivity index (χ3v) is 1.39. The van der Waals surface area contributed by atoms with Gasteiger partial charge in [0, 0.05) is 5.56 Å². The molecule has 0 saturated carbocycles. The van der Waals surface area contributed by atoms with E-state index in [2.05, 4.69) is 5.10 Å². The molecule has 2 N–H and O–H groups in total. The molecule has 0 bridgehead atoms. The molecule has 0 heterocycles. The standard InChI is InChI=1S/C8H8F2N2/c9-8(10)7-3-1-2-6(4-7)5-12-11/h1-5,8H,11H2. The van der Waals surface area contributed by atoms with E-state index in [0.29, 0.717) is 5.56 Å². The van der Waals surface area contributed by atoms with Crippen molar-refractivity contribution < 1.29 is 8.78 Å². The first-order valence-electron chi connectivity index (χ1n) is 3.35. The summed E-state index contributed by atoms with van der Waals surface area (Å²) in [5.74, 6) is 4.87. The number of hydrogen-bond acceptors (Lipinski definition) is 2. The molecule has 0 radical (unpaired) electrons. The van der Waals surface area contributed by atoms with Crippen LogP contribution >= 0.6 is 0 Å². The van der Waals surface area contributed by atoms with Gasteiger partial charge in [0.2, 0.25) is 0 Å². The fourth-order valence-corrected chi connectivity index (χ4v) is 0.861. The Labute approximate surface area is 68.7 Å². The molecule has 0 aromatic heterocycles. The first-order chi connectivity index (χ1) is 5.74. The lowest BCUT2D eigenvalue weighted by Gasteiger charge is -1.99. The van der Waals surface area contributed by atoms with Crippen molar-refractivity contribution in [1.29, 1.82) is 0 Å². The van der Waals surface area contributed by atoms with Crippen molar-refractivity contribution in [2.75, 3.05) is 0 Å². The fourth-order valence-electron chi connectivity index (χ4n) is 0.861. The summed E-state index contributed by atoms with van der Waals surface area (Å²) in [5, 5.41) is 3.24. The second kappa shape index (κ2) is 3.80. The van der Waals surface area contributed by atoms with Gasteiger partial charge in [-0.15, -0.1) is 0 Å². The van der Waals surface area contributed by atoms with Crippen LogP contribution in [-0.4, -0.2) is 6.21 Å². The van der Waals surface area contributed by atoms with Crippen molar-refractivity contribution in [3.63, 3.8) is 0 Å². The zero-order valence-electron chi connectivity index (χ0n) is 6.24. The molecular weight excluding hydrogens is 162 g/mol. The quantitative estimate of drug-likeness (QED) is 0.411. The molecule has 0 spiro atoms. The highest BCUT2D eigenvalue weighted by molar-refractivity contribution is 5.79. The molecule has 1 rings (SSSR count). The molecule has 1 aromatic carbocycles. The highest BCUT2D eigenvalue weighted by atomic mass is 19.3. The van der Waals surface area contributed by atoms with E-state index in [4.69, 9.17) is 5.84 Å². The zero-order valence-corrected chi connectivity index (χ0v) is 6.24. The van der Waals surface area contributed by atoms with Crippen LogP contribution in [0.25, 0.3) is 0 Å². The van der Waals surface area contributed by atoms with Gasteiger partial charge in [0.05, 0.1) is 6.21 Å². The van der Waals surface area contributed by atoms with Crippen molar-refractivity contribution in [3.8, 4) is 0 Å². The van der Waals surface area contributed by atoms with Gasteiger partial charge in [-0.2, -0.15) is 5.10 Å². The highest BCUT2D eigenvalue weighted by Gasteiger charge is 2.05. The van der Waals surface area contributed by atoms with Gasteiger partial charge in [-0.3, -0.25) is 0 Å². The Morgan fingerprint density at radius 3 is 2.75 bits per heavy atom. The number of hydrogen-bond donors (Lipinski definition) is 1. The van der Waals surface area contributed by atoms with Gasteiger partial charge in [-0.25, -0.2) is 8.78 Å². The van der Waals surface area contributed by atoms with Crippen LogP contribution in [0.2, 0.25) is 0 Å². The Morgan fingerprint density at radius 1 is 1.42 bits per heavy atom. The Kier molecular flexibility index (Phi) is 2.74. The smallest absolute Gasteiger partial charge is 0.263 e. The monoisotopic (exact) mass is 170 g/mol. The van der Waals surface area contributed by atoms with Crippen LogP contribution < -0.4 is 5.84 Å². The summed E-state index contributed by atoms with van der Waals surface area (Å²) in [6.45, 7) is 0. The summed E-state index contributed by atoms with van der Waals surface area (Å²) >= 11 is 0. The third kappa shape index (κ3) is 2.02. The molecule has 0 atom stereocenters. The van der Waals surface area contributed by atoms with Crippen molar-refractivity contribution in [3.05, 3.63) is 35.4 Å². The van der Waals surface area contributed by atoms with Crippen LogP contribution in [0.3, 0.4) is 0 Å². The van der Waals surface area contributed by atoms with Gasteiger partial charge in [0.25, 0.3) is 6.43 Å². The molecule has 0 aliphatic rings. The van der Waals surface area contributed by atoms with Crippen LogP contribution in [0, 0.1) is 0 Å². The maximum Gasteiger partial charge on any atom is 0.263 e. The van der Waals surface area contributed by atoms with Crippen LogP contribution in [0.5, 0.6) is 0 Å². The Bertz CT molecular complexity index is 284. The minimum atomic E-state index is -2.45. The van der Waals surface area contributed by atoms with Crippen LogP contribution in [0.1, 0.15) is 17.6 Å². The zero-order chi connectivity index (χ0) is 8.97. The molecule has 0 aliphatic heterocycles. The van der Waals surface area contributed by atoms with Crippen molar-refractivity contribution in [2.45, 2.75) is 6.43 Å². The lowest BCUT2D eigenvalue weighted by Crippen LogP contribution is -1.89. The number of nitrogens with zero attached hydrogens (tertiary/aromatic N) is 1. The molecule has 0 aliphatic carbocycles. The van der Waals surface area contributed by atoms with Crippen molar-refractivity contribution in [2.24, 2.45) is 10.9 Å². The largest absolute Gasteiger partial charge is 0.323 e. The molecule has 2 nitrogen and oxygen atoms in total. The molecule has 64 valence electrons. The molecule has 0 amide bonds. The second-order valence-corrected chi connectivity index (χ2v) is 2.25. The van der Waals surface area contributed by atoms with E-state index in [1.165, 1.54) is 18.3 Å². The van der Waals surface area contributed by atoms with Gasteiger partial charge in [0.1, 0.15) is 0 Å². The summed E-state index contributed by atoms with van der Waals surface area (Å²) in [5.41, 5.74) is 0.558. The normalized spacial score (nSPS) is 11.2.